The van der Waals surface area contributed by atoms with Crippen LogP contribution in [0.15, 0.2) is 40.9 Å². The number of rotatable bonds is 11. The summed E-state index contributed by atoms with van der Waals surface area (Å²) in [6.45, 7) is 0.545. The number of aromatic nitrogens is 3. The summed E-state index contributed by atoms with van der Waals surface area (Å²) in [5.74, 6) is -0.307. The zero-order valence-electron chi connectivity index (χ0n) is 16.9. The Kier molecular flexibility index (Phi) is 7.86. The molecular formula is C21H24N6O4. The number of aliphatic hydroxyl groups is 2. The summed E-state index contributed by atoms with van der Waals surface area (Å²) >= 11 is 0. The van der Waals surface area contributed by atoms with E-state index in [1.54, 1.807) is 18.3 Å². The Bertz CT molecular complexity index is 1010. The van der Waals surface area contributed by atoms with Crippen molar-refractivity contribution in [3.8, 4) is 6.07 Å². The molecule has 3 rings (SSSR count). The SMILES string of the molecule is N#CC(c1ccnc(NCCCC(=O)N(CCO)CCO)n1)c1nc2ccccc2o1. The van der Waals surface area contributed by atoms with Crippen LogP contribution in [-0.4, -0.2) is 68.8 Å². The molecule has 0 spiro atoms. The van der Waals surface area contributed by atoms with Crippen LogP contribution in [0.2, 0.25) is 0 Å². The lowest BCUT2D eigenvalue weighted by molar-refractivity contribution is -0.132. The van der Waals surface area contributed by atoms with E-state index in [9.17, 15) is 10.1 Å². The van der Waals surface area contributed by atoms with Crippen LogP contribution in [0.1, 0.15) is 30.3 Å². The molecule has 10 heteroatoms. The van der Waals surface area contributed by atoms with Crippen LogP contribution in [0.3, 0.4) is 0 Å². The lowest BCUT2D eigenvalue weighted by Crippen LogP contribution is -2.35. The van der Waals surface area contributed by atoms with E-state index in [4.69, 9.17) is 14.6 Å². The first-order valence-electron chi connectivity index (χ1n) is 9.97. The molecule has 162 valence electrons. The Balaban J connectivity index is 1.59. The van der Waals surface area contributed by atoms with Gasteiger partial charge in [-0.3, -0.25) is 4.79 Å². The van der Waals surface area contributed by atoms with Gasteiger partial charge in [-0.05, 0) is 24.6 Å². The van der Waals surface area contributed by atoms with Crippen molar-refractivity contribution in [2.75, 3.05) is 38.2 Å². The molecule has 0 saturated heterocycles. The average Bonchev–Trinajstić information content (AvgIpc) is 3.21. The van der Waals surface area contributed by atoms with Crippen molar-refractivity contribution in [1.82, 2.24) is 19.9 Å². The molecular weight excluding hydrogens is 400 g/mol. The quantitative estimate of drug-likeness (QED) is 0.387. The number of para-hydroxylation sites is 2. The van der Waals surface area contributed by atoms with Crippen molar-refractivity contribution in [3.63, 3.8) is 0 Å². The molecule has 0 aliphatic heterocycles. The van der Waals surface area contributed by atoms with E-state index in [2.05, 4.69) is 26.3 Å². The number of hydrogen-bond acceptors (Lipinski definition) is 9. The summed E-state index contributed by atoms with van der Waals surface area (Å²) in [5.41, 5.74) is 1.73. The number of carbonyl (C=O) groups is 1. The van der Waals surface area contributed by atoms with Crippen molar-refractivity contribution >= 4 is 23.0 Å². The van der Waals surface area contributed by atoms with E-state index in [0.29, 0.717) is 35.7 Å². The van der Waals surface area contributed by atoms with Crippen molar-refractivity contribution in [2.45, 2.75) is 18.8 Å². The fraction of sp³-hybridized carbons (Fsp3) is 0.381. The Labute approximate surface area is 179 Å². The van der Waals surface area contributed by atoms with Crippen LogP contribution < -0.4 is 5.32 Å². The van der Waals surface area contributed by atoms with Gasteiger partial charge in [0.2, 0.25) is 17.7 Å². The molecule has 2 heterocycles. The van der Waals surface area contributed by atoms with Gasteiger partial charge in [0.1, 0.15) is 5.52 Å². The van der Waals surface area contributed by atoms with Gasteiger partial charge in [-0.25, -0.2) is 15.0 Å². The van der Waals surface area contributed by atoms with E-state index in [1.165, 1.54) is 4.90 Å². The van der Waals surface area contributed by atoms with Crippen LogP contribution in [-0.2, 0) is 4.79 Å². The van der Waals surface area contributed by atoms with E-state index < -0.39 is 5.92 Å². The number of hydrogen-bond donors (Lipinski definition) is 3. The molecule has 1 unspecified atom stereocenters. The number of amides is 1. The second-order valence-electron chi connectivity index (χ2n) is 6.75. The van der Waals surface area contributed by atoms with Crippen LogP contribution in [0, 0.1) is 11.3 Å². The highest BCUT2D eigenvalue weighted by Crippen LogP contribution is 2.26. The minimum Gasteiger partial charge on any atom is -0.439 e. The third-order valence-electron chi connectivity index (χ3n) is 4.60. The number of benzene rings is 1. The Hall–Kier alpha value is -3.55. The van der Waals surface area contributed by atoms with Gasteiger partial charge in [0.15, 0.2) is 11.5 Å². The number of oxazole rings is 1. The number of nitrogens with zero attached hydrogens (tertiary/aromatic N) is 5. The van der Waals surface area contributed by atoms with Crippen molar-refractivity contribution in [2.24, 2.45) is 0 Å². The first kappa shape index (κ1) is 22.1. The standard InChI is InChI=1S/C21H24N6O4/c22-14-15(20-25-17-4-1-2-5-18(17)31-20)16-7-9-24-21(26-16)23-8-3-6-19(30)27(10-12-28)11-13-29/h1-2,4-5,7,9,15,28-29H,3,6,8,10-13H2,(H,23,24,26). The second kappa shape index (κ2) is 11.0. The molecule has 1 aromatic carbocycles. The van der Waals surface area contributed by atoms with Gasteiger partial charge in [0.25, 0.3) is 0 Å². The molecule has 2 aromatic heterocycles. The van der Waals surface area contributed by atoms with E-state index in [1.807, 2.05) is 18.2 Å². The number of fused-ring (bicyclic) bond motifs is 1. The number of nitrogens with one attached hydrogen (secondary N) is 1. The molecule has 0 aliphatic carbocycles. The van der Waals surface area contributed by atoms with Gasteiger partial charge in [-0.1, -0.05) is 12.1 Å². The molecule has 1 amide bonds. The number of aliphatic hydroxyl groups excluding tert-OH is 2. The van der Waals surface area contributed by atoms with Gasteiger partial charge in [-0.2, -0.15) is 5.26 Å². The molecule has 0 aliphatic rings. The Morgan fingerprint density at radius 1 is 1.19 bits per heavy atom. The van der Waals surface area contributed by atoms with Gasteiger partial charge in [0, 0.05) is 32.3 Å². The highest BCUT2D eigenvalue weighted by molar-refractivity contribution is 5.76. The van der Waals surface area contributed by atoms with E-state index in [0.717, 1.165) is 0 Å². The zero-order valence-corrected chi connectivity index (χ0v) is 16.9. The minimum absolute atomic E-state index is 0.139. The topological polar surface area (TPSA) is 148 Å². The molecule has 0 bridgehead atoms. The molecule has 0 saturated carbocycles. The molecule has 0 fully saturated rings. The first-order valence-corrected chi connectivity index (χ1v) is 9.97. The Morgan fingerprint density at radius 3 is 2.68 bits per heavy atom. The highest BCUT2D eigenvalue weighted by Gasteiger charge is 2.22. The number of nitriles is 1. The fourth-order valence-electron chi connectivity index (χ4n) is 3.08. The normalized spacial score (nSPS) is 11.8. The predicted molar refractivity (Wildman–Crippen MR) is 112 cm³/mol. The van der Waals surface area contributed by atoms with Crippen molar-refractivity contribution in [3.05, 3.63) is 48.1 Å². The van der Waals surface area contributed by atoms with Crippen LogP contribution in [0.5, 0.6) is 0 Å². The van der Waals surface area contributed by atoms with E-state index in [-0.39, 0.29) is 44.5 Å². The third-order valence-corrected chi connectivity index (χ3v) is 4.60. The van der Waals surface area contributed by atoms with Crippen molar-refractivity contribution < 1.29 is 19.4 Å². The lowest BCUT2D eigenvalue weighted by Gasteiger charge is -2.20. The van der Waals surface area contributed by atoms with Gasteiger partial charge in [0.05, 0.1) is 25.0 Å². The van der Waals surface area contributed by atoms with Gasteiger partial charge >= 0.3 is 0 Å². The first-order chi connectivity index (χ1) is 15.2. The molecule has 31 heavy (non-hydrogen) atoms. The highest BCUT2D eigenvalue weighted by atomic mass is 16.3. The van der Waals surface area contributed by atoms with Crippen LogP contribution >= 0.6 is 0 Å². The Morgan fingerprint density at radius 2 is 1.97 bits per heavy atom. The van der Waals surface area contributed by atoms with Crippen molar-refractivity contribution in [1.29, 1.82) is 5.26 Å². The molecule has 0 radical (unpaired) electrons. The third kappa shape index (κ3) is 5.75. The maximum atomic E-state index is 12.1. The maximum absolute atomic E-state index is 12.1. The smallest absolute Gasteiger partial charge is 0.222 e. The van der Waals surface area contributed by atoms with Gasteiger partial charge in [-0.15, -0.1) is 0 Å². The summed E-state index contributed by atoms with van der Waals surface area (Å²) in [4.78, 5) is 26.5. The average molecular weight is 424 g/mol. The largest absolute Gasteiger partial charge is 0.439 e. The lowest BCUT2D eigenvalue weighted by atomic mass is 10.1. The van der Waals surface area contributed by atoms with Crippen LogP contribution in [0.25, 0.3) is 11.1 Å². The maximum Gasteiger partial charge on any atom is 0.222 e. The van der Waals surface area contributed by atoms with Crippen LogP contribution in [0.4, 0.5) is 5.95 Å². The van der Waals surface area contributed by atoms with E-state index >= 15 is 0 Å². The molecule has 3 N–H and O–H groups in total. The zero-order chi connectivity index (χ0) is 22.1. The monoisotopic (exact) mass is 424 g/mol. The summed E-state index contributed by atoms with van der Waals surface area (Å²) < 4.78 is 5.71. The molecule has 10 nitrogen and oxygen atoms in total. The fourth-order valence-corrected chi connectivity index (χ4v) is 3.08. The number of carbonyl (C=O) groups excluding carboxylic acids is 1. The summed E-state index contributed by atoms with van der Waals surface area (Å²) in [6, 6.07) is 11.1. The summed E-state index contributed by atoms with van der Waals surface area (Å²) in [5, 5.41) is 30.7. The summed E-state index contributed by atoms with van der Waals surface area (Å²) in [7, 11) is 0. The summed E-state index contributed by atoms with van der Waals surface area (Å²) in [6.07, 6.45) is 2.33. The predicted octanol–water partition coefficient (Wildman–Crippen LogP) is 1.28. The molecule has 1 atom stereocenters. The minimum atomic E-state index is -0.775. The molecule has 3 aromatic rings. The van der Waals surface area contributed by atoms with Gasteiger partial charge < -0.3 is 24.8 Å². The number of anilines is 1. The second-order valence-corrected chi connectivity index (χ2v) is 6.75.